The van der Waals surface area contributed by atoms with Gasteiger partial charge in [0, 0.05) is 29.7 Å². The van der Waals surface area contributed by atoms with Crippen LogP contribution in [0.1, 0.15) is 37.3 Å². The monoisotopic (exact) mass is 517 g/mol. The molecule has 1 N–H and O–H groups in total. The molecule has 1 unspecified atom stereocenters. The quantitative estimate of drug-likeness (QED) is 0.381. The van der Waals surface area contributed by atoms with Gasteiger partial charge in [-0.3, -0.25) is 19.5 Å². The molecule has 11 heteroatoms. The van der Waals surface area contributed by atoms with Gasteiger partial charge in [0.25, 0.3) is 5.91 Å². The molecule has 0 radical (unpaired) electrons. The summed E-state index contributed by atoms with van der Waals surface area (Å²) in [6.45, 7) is -0.372. The molecule has 2 amide bonds. The lowest BCUT2D eigenvalue weighted by molar-refractivity contribution is -0.127. The zero-order valence-corrected chi connectivity index (χ0v) is 20.4. The summed E-state index contributed by atoms with van der Waals surface area (Å²) in [5, 5.41) is 15.2. The van der Waals surface area contributed by atoms with Gasteiger partial charge in [-0.25, -0.2) is 8.78 Å². The van der Waals surface area contributed by atoms with E-state index in [1.807, 2.05) is 0 Å². The third-order valence-corrected chi connectivity index (χ3v) is 6.42. The third-order valence-electron chi connectivity index (χ3n) is 6.42. The van der Waals surface area contributed by atoms with E-state index in [-0.39, 0.29) is 30.0 Å². The summed E-state index contributed by atoms with van der Waals surface area (Å²) in [6, 6.07) is 13.3. The Hall–Kier alpha value is -4.54. The normalized spacial score (nSPS) is 14.3. The maximum atomic E-state index is 14.3. The number of carbonyl (C=O) groups excluding carboxylic acids is 2. The predicted molar refractivity (Wildman–Crippen MR) is 134 cm³/mol. The third kappa shape index (κ3) is 5.72. The van der Waals surface area contributed by atoms with Gasteiger partial charge < -0.3 is 5.32 Å². The molecule has 1 atom stereocenters. The van der Waals surface area contributed by atoms with Crippen molar-refractivity contribution in [3.8, 4) is 11.4 Å². The van der Waals surface area contributed by atoms with Crippen LogP contribution in [0.3, 0.4) is 0 Å². The topological polar surface area (TPSA) is 106 Å². The average Bonchev–Trinajstić information content (AvgIpc) is 3.60. The first-order valence-electron chi connectivity index (χ1n) is 12.3. The van der Waals surface area contributed by atoms with E-state index < -0.39 is 23.6 Å². The van der Waals surface area contributed by atoms with Gasteiger partial charge in [0.1, 0.15) is 24.2 Å². The smallest absolute Gasteiger partial charge is 0.251 e. The molecule has 9 nitrogen and oxygen atoms in total. The minimum absolute atomic E-state index is 0.00606. The number of aromatic nitrogens is 5. The molecular formula is C27H25F2N7O2. The number of rotatable bonds is 8. The molecule has 1 saturated carbocycles. The van der Waals surface area contributed by atoms with E-state index in [1.54, 1.807) is 18.2 Å². The fourth-order valence-electron chi connectivity index (χ4n) is 4.60. The van der Waals surface area contributed by atoms with Crippen LogP contribution in [0.15, 0.2) is 73.1 Å². The van der Waals surface area contributed by atoms with Crippen LogP contribution >= 0.6 is 0 Å². The van der Waals surface area contributed by atoms with E-state index in [1.165, 1.54) is 59.8 Å². The van der Waals surface area contributed by atoms with Crippen LogP contribution in [0.5, 0.6) is 0 Å². The highest BCUT2D eigenvalue weighted by atomic mass is 19.1. The van der Waals surface area contributed by atoms with Crippen LogP contribution in [0.2, 0.25) is 0 Å². The largest absolute Gasteiger partial charge is 0.351 e. The minimum atomic E-state index is -1.09. The van der Waals surface area contributed by atoms with Crippen molar-refractivity contribution < 1.29 is 18.4 Å². The van der Waals surface area contributed by atoms with Crippen molar-refractivity contribution in [1.82, 2.24) is 30.5 Å². The number of carbonyl (C=O) groups is 2. The van der Waals surface area contributed by atoms with Gasteiger partial charge in [0.05, 0.1) is 0 Å². The Bertz CT molecular complexity index is 1410. The second-order valence-corrected chi connectivity index (χ2v) is 9.07. The van der Waals surface area contributed by atoms with Crippen LogP contribution in [-0.4, -0.2) is 43.0 Å². The molecule has 0 spiro atoms. The maximum Gasteiger partial charge on any atom is 0.251 e. The molecule has 2 aromatic carbocycles. The van der Waals surface area contributed by atoms with Crippen LogP contribution < -0.4 is 10.2 Å². The first kappa shape index (κ1) is 25.1. The molecular weight excluding hydrogens is 492 g/mol. The second-order valence-electron chi connectivity index (χ2n) is 9.07. The zero-order chi connectivity index (χ0) is 26.5. The molecule has 1 aliphatic rings. The molecule has 4 aromatic rings. The first-order valence-corrected chi connectivity index (χ1v) is 12.3. The van der Waals surface area contributed by atoms with Crippen molar-refractivity contribution >= 4 is 17.5 Å². The van der Waals surface area contributed by atoms with E-state index in [4.69, 9.17) is 0 Å². The Balaban J connectivity index is 1.49. The summed E-state index contributed by atoms with van der Waals surface area (Å²) in [4.78, 5) is 33.9. The number of benzene rings is 2. The summed E-state index contributed by atoms with van der Waals surface area (Å²) in [5.74, 6) is -1.68. The van der Waals surface area contributed by atoms with Crippen LogP contribution in [-0.2, 0) is 16.1 Å². The summed E-state index contributed by atoms with van der Waals surface area (Å²) in [7, 11) is 0. The van der Waals surface area contributed by atoms with E-state index in [0.29, 0.717) is 11.1 Å². The Kier molecular flexibility index (Phi) is 7.43. The molecule has 0 bridgehead atoms. The number of nitrogens with one attached hydrogen (secondary N) is 1. The molecule has 0 aliphatic heterocycles. The van der Waals surface area contributed by atoms with Gasteiger partial charge in [0.15, 0.2) is 0 Å². The van der Waals surface area contributed by atoms with Gasteiger partial charge >= 0.3 is 0 Å². The first-order chi connectivity index (χ1) is 18.5. The lowest BCUT2D eigenvalue weighted by atomic mass is 10.0. The molecule has 38 heavy (non-hydrogen) atoms. The van der Waals surface area contributed by atoms with Gasteiger partial charge in [-0.05, 0) is 78.2 Å². The number of hydrogen-bond acceptors (Lipinski definition) is 6. The highest BCUT2D eigenvalue weighted by Crippen LogP contribution is 2.30. The highest BCUT2D eigenvalue weighted by molar-refractivity contribution is 6.01. The van der Waals surface area contributed by atoms with Crippen molar-refractivity contribution in [1.29, 1.82) is 0 Å². The number of hydrogen-bond donors (Lipinski definition) is 1. The van der Waals surface area contributed by atoms with Crippen LogP contribution in [0.25, 0.3) is 11.4 Å². The van der Waals surface area contributed by atoms with E-state index in [9.17, 15) is 18.4 Å². The average molecular weight is 518 g/mol. The second kappa shape index (κ2) is 11.2. The molecule has 2 heterocycles. The maximum absolute atomic E-state index is 14.3. The van der Waals surface area contributed by atoms with Crippen molar-refractivity contribution in [2.45, 2.75) is 44.3 Å². The van der Waals surface area contributed by atoms with Gasteiger partial charge in [-0.2, -0.15) is 4.80 Å². The Morgan fingerprint density at radius 2 is 1.74 bits per heavy atom. The molecule has 5 rings (SSSR count). The van der Waals surface area contributed by atoms with Gasteiger partial charge in [-0.1, -0.05) is 18.9 Å². The highest BCUT2D eigenvalue weighted by Gasteiger charge is 2.35. The summed E-state index contributed by atoms with van der Waals surface area (Å²) in [5.41, 5.74) is 1.25. The molecule has 1 fully saturated rings. The fraction of sp³-hybridized carbons (Fsp3) is 0.259. The summed E-state index contributed by atoms with van der Waals surface area (Å²) >= 11 is 0. The fourth-order valence-corrected chi connectivity index (χ4v) is 4.60. The van der Waals surface area contributed by atoms with E-state index >= 15 is 0 Å². The molecule has 0 saturated heterocycles. The van der Waals surface area contributed by atoms with E-state index in [2.05, 4.69) is 25.7 Å². The van der Waals surface area contributed by atoms with Crippen molar-refractivity contribution in [3.63, 3.8) is 0 Å². The summed E-state index contributed by atoms with van der Waals surface area (Å²) in [6.07, 6.45) is 6.83. The number of pyridine rings is 1. The molecule has 194 valence electrons. The molecule has 2 aromatic heterocycles. The number of anilines is 1. The Morgan fingerprint density at radius 1 is 1.00 bits per heavy atom. The number of tetrazole rings is 1. The van der Waals surface area contributed by atoms with E-state index in [0.717, 1.165) is 30.5 Å². The number of nitrogens with zero attached hydrogens (tertiary/aromatic N) is 6. The number of halogens is 2. The lowest BCUT2D eigenvalue weighted by Crippen LogP contribution is -2.47. The molecule has 1 aliphatic carbocycles. The van der Waals surface area contributed by atoms with Gasteiger partial charge in [-0.15, -0.1) is 10.2 Å². The van der Waals surface area contributed by atoms with Crippen molar-refractivity contribution in [3.05, 3.63) is 90.3 Å². The predicted octanol–water partition coefficient (Wildman–Crippen LogP) is 3.85. The van der Waals surface area contributed by atoms with Crippen LogP contribution in [0, 0.1) is 11.6 Å². The SMILES string of the molecule is O=C(NC1CCCC1)C(c1ccncc1)N(C(=O)Cn1nnc(-c2ccc(F)cc2)n1)c1cccc(F)c1. The van der Waals surface area contributed by atoms with Crippen molar-refractivity contribution in [2.24, 2.45) is 0 Å². The van der Waals surface area contributed by atoms with Crippen molar-refractivity contribution in [2.75, 3.05) is 4.90 Å². The Labute approximate surface area is 217 Å². The minimum Gasteiger partial charge on any atom is -0.351 e. The van der Waals surface area contributed by atoms with Crippen LogP contribution in [0.4, 0.5) is 14.5 Å². The van der Waals surface area contributed by atoms with Gasteiger partial charge in [0.2, 0.25) is 11.7 Å². The lowest BCUT2D eigenvalue weighted by Gasteiger charge is -2.32. The standard InChI is InChI=1S/C27H25F2N7O2/c28-20-10-8-19(9-11-20)26-32-34-35(33-26)17-24(37)36(23-7-3-4-21(29)16-23)25(18-12-14-30-15-13-18)27(38)31-22-5-1-2-6-22/h3-4,7-16,22,25H,1-2,5-6,17H2,(H,31,38). The summed E-state index contributed by atoms with van der Waals surface area (Å²) < 4.78 is 27.6. The zero-order valence-electron chi connectivity index (χ0n) is 20.4. The Morgan fingerprint density at radius 3 is 2.45 bits per heavy atom. The number of amides is 2.